The van der Waals surface area contributed by atoms with Gasteiger partial charge in [0.25, 0.3) is 0 Å². The summed E-state index contributed by atoms with van der Waals surface area (Å²) < 4.78 is 2.13. The zero-order valence-corrected chi connectivity index (χ0v) is 16.1. The summed E-state index contributed by atoms with van der Waals surface area (Å²) in [5, 5.41) is 8.05. The molecule has 0 aliphatic heterocycles. The van der Waals surface area contributed by atoms with Gasteiger partial charge in [0.15, 0.2) is 0 Å². The van der Waals surface area contributed by atoms with Crippen LogP contribution in [0.3, 0.4) is 0 Å². The average Bonchev–Trinajstić information content (AvgIpc) is 3.26. The number of nitrogens with zero attached hydrogens (tertiary/aromatic N) is 4. The molecule has 1 aliphatic carbocycles. The van der Waals surface area contributed by atoms with E-state index in [0.717, 1.165) is 31.3 Å². The van der Waals surface area contributed by atoms with E-state index in [-0.39, 0.29) is 0 Å². The molecular formula is C21H27N5. The van der Waals surface area contributed by atoms with Crippen LogP contribution in [0, 0.1) is 6.92 Å². The van der Waals surface area contributed by atoms with E-state index in [4.69, 9.17) is 0 Å². The van der Waals surface area contributed by atoms with Crippen LogP contribution in [0.4, 0.5) is 0 Å². The van der Waals surface area contributed by atoms with Gasteiger partial charge in [0.1, 0.15) is 5.52 Å². The molecule has 0 amide bonds. The molecule has 4 rings (SSSR count). The third-order valence-corrected chi connectivity index (χ3v) is 5.91. The number of fused-ring (bicyclic) bond motifs is 2. The Hall–Kier alpha value is -2.27. The summed E-state index contributed by atoms with van der Waals surface area (Å²) >= 11 is 0. The van der Waals surface area contributed by atoms with Gasteiger partial charge in [-0.15, -0.1) is 0 Å². The second kappa shape index (κ2) is 6.80. The second-order valence-corrected chi connectivity index (χ2v) is 7.40. The van der Waals surface area contributed by atoms with Crippen molar-refractivity contribution in [1.82, 2.24) is 25.1 Å². The van der Waals surface area contributed by atoms with E-state index in [9.17, 15) is 0 Å². The first-order valence-electron chi connectivity index (χ1n) is 9.58. The highest BCUT2D eigenvalue weighted by atomic mass is 15.3. The number of pyridine rings is 2. The van der Waals surface area contributed by atoms with Crippen molar-refractivity contribution in [3.63, 3.8) is 0 Å². The molecule has 0 spiro atoms. The van der Waals surface area contributed by atoms with Crippen LogP contribution < -0.4 is 5.32 Å². The molecule has 3 aromatic rings. The van der Waals surface area contributed by atoms with Gasteiger partial charge < -0.3 is 5.32 Å². The van der Waals surface area contributed by atoms with Gasteiger partial charge in [-0.3, -0.25) is 14.6 Å². The molecule has 3 heterocycles. The highest BCUT2D eigenvalue weighted by Crippen LogP contribution is 2.35. The number of aryl methyl sites for hydroxylation is 2. The maximum absolute atomic E-state index is 4.64. The first-order valence-corrected chi connectivity index (χ1v) is 9.58. The molecule has 5 heteroatoms. The zero-order valence-electron chi connectivity index (χ0n) is 16.1. The lowest BCUT2D eigenvalue weighted by molar-refractivity contribution is 0.553. The summed E-state index contributed by atoms with van der Waals surface area (Å²) in [5.74, 6) is 0.362. The van der Waals surface area contributed by atoms with Crippen LogP contribution in [0.1, 0.15) is 60.0 Å². The number of hydrogen-bond acceptors (Lipinski definition) is 4. The van der Waals surface area contributed by atoms with E-state index in [1.165, 1.54) is 33.3 Å². The van der Waals surface area contributed by atoms with Crippen molar-refractivity contribution in [3.05, 3.63) is 52.6 Å². The van der Waals surface area contributed by atoms with Crippen molar-refractivity contribution in [3.8, 4) is 0 Å². The number of aromatic nitrogens is 4. The minimum absolute atomic E-state index is 0.362. The minimum Gasteiger partial charge on any atom is -0.313 e. The fraction of sp³-hybridized carbons (Fsp3) is 0.476. The Morgan fingerprint density at radius 1 is 1.27 bits per heavy atom. The van der Waals surface area contributed by atoms with Crippen molar-refractivity contribution in [2.45, 2.75) is 58.5 Å². The highest BCUT2D eigenvalue weighted by Gasteiger charge is 2.26. The van der Waals surface area contributed by atoms with Gasteiger partial charge in [0, 0.05) is 37.1 Å². The van der Waals surface area contributed by atoms with Crippen molar-refractivity contribution >= 4 is 11.0 Å². The Morgan fingerprint density at radius 2 is 2.12 bits per heavy atom. The molecule has 0 saturated carbocycles. The molecule has 0 fully saturated rings. The lowest BCUT2D eigenvalue weighted by Crippen LogP contribution is -2.14. The summed E-state index contributed by atoms with van der Waals surface area (Å²) in [6.07, 6.45) is 11.2. The van der Waals surface area contributed by atoms with Gasteiger partial charge in [-0.1, -0.05) is 13.8 Å². The molecule has 2 unspecified atom stereocenters. The largest absolute Gasteiger partial charge is 0.313 e. The van der Waals surface area contributed by atoms with Gasteiger partial charge >= 0.3 is 0 Å². The monoisotopic (exact) mass is 349 g/mol. The molecule has 26 heavy (non-hydrogen) atoms. The topological polar surface area (TPSA) is 55.6 Å². The van der Waals surface area contributed by atoms with Crippen LogP contribution in [0.15, 0.2) is 24.8 Å². The average molecular weight is 349 g/mol. The zero-order chi connectivity index (χ0) is 18.3. The third kappa shape index (κ3) is 2.71. The molecule has 0 aromatic carbocycles. The van der Waals surface area contributed by atoms with Gasteiger partial charge in [-0.05, 0) is 61.1 Å². The Bertz CT molecular complexity index is 943. The minimum atomic E-state index is 0.362. The molecule has 1 aliphatic rings. The SMILES string of the molecule is CCc1cnc2cnn(CC(C)c3cncc4c3CCC4NC)c2c1C. The van der Waals surface area contributed by atoms with Gasteiger partial charge in [0.2, 0.25) is 0 Å². The lowest BCUT2D eigenvalue weighted by atomic mass is 9.95. The van der Waals surface area contributed by atoms with Crippen molar-refractivity contribution in [1.29, 1.82) is 0 Å². The maximum Gasteiger partial charge on any atom is 0.109 e. The summed E-state index contributed by atoms with van der Waals surface area (Å²) in [4.78, 5) is 9.12. The van der Waals surface area contributed by atoms with Crippen LogP contribution >= 0.6 is 0 Å². The normalized spacial score (nSPS) is 17.6. The molecule has 0 radical (unpaired) electrons. The van der Waals surface area contributed by atoms with Crippen LogP contribution in [0.2, 0.25) is 0 Å². The summed E-state index contributed by atoms with van der Waals surface area (Å²) in [6.45, 7) is 7.49. The fourth-order valence-corrected chi connectivity index (χ4v) is 4.38. The Morgan fingerprint density at radius 3 is 2.88 bits per heavy atom. The van der Waals surface area contributed by atoms with E-state index in [2.05, 4.69) is 52.0 Å². The molecule has 2 atom stereocenters. The van der Waals surface area contributed by atoms with E-state index >= 15 is 0 Å². The van der Waals surface area contributed by atoms with Gasteiger partial charge in [-0.25, -0.2) is 0 Å². The molecular weight excluding hydrogens is 322 g/mol. The van der Waals surface area contributed by atoms with E-state index in [1.807, 2.05) is 25.6 Å². The number of rotatable bonds is 5. The maximum atomic E-state index is 4.64. The van der Waals surface area contributed by atoms with Crippen LogP contribution in [-0.2, 0) is 19.4 Å². The van der Waals surface area contributed by atoms with E-state index in [0.29, 0.717) is 12.0 Å². The first kappa shape index (κ1) is 17.2. The molecule has 1 N–H and O–H groups in total. The smallest absolute Gasteiger partial charge is 0.109 e. The third-order valence-electron chi connectivity index (χ3n) is 5.91. The van der Waals surface area contributed by atoms with Crippen LogP contribution in [-0.4, -0.2) is 26.8 Å². The standard InChI is InChI=1S/C21H27N5/c1-5-15-8-24-20-11-25-26(21(20)14(15)3)12-13(2)17-9-23-10-18-16(17)6-7-19(18)22-4/h8-11,13,19,22H,5-7,12H2,1-4H3. The predicted molar refractivity (Wildman–Crippen MR) is 104 cm³/mol. The van der Waals surface area contributed by atoms with E-state index < -0.39 is 0 Å². The van der Waals surface area contributed by atoms with Crippen molar-refractivity contribution in [2.75, 3.05) is 7.05 Å². The predicted octanol–water partition coefficient (Wildman–Crippen LogP) is 3.71. The summed E-state index contributed by atoms with van der Waals surface area (Å²) in [6, 6.07) is 0.439. The number of nitrogens with one attached hydrogen (secondary N) is 1. The fourth-order valence-electron chi connectivity index (χ4n) is 4.38. The lowest BCUT2D eigenvalue weighted by Gasteiger charge is -2.18. The van der Waals surface area contributed by atoms with Crippen molar-refractivity contribution in [2.24, 2.45) is 0 Å². The molecule has 3 aromatic heterocycles. The second-order valence-electron chi connectivity index (χ2n) is 7.40. The Balaban J connectivity index is 1.69. The first-order chi connectivity index (χ1) is 12.6. The van der Waals surface area contributed by atoms with Crippen molar-refractivity contribution < 1.29 is 0 Å². The molecule has 136 valence electrons. The highest BCUT2D eigenvalue weighted by molar-refractivity contribution is 5.78. The Kier molecular flexibility index (Phi) is 4.49. The Labute approximate surface area is 154 Å². The molecule has 5 nitrogen and oxygen atoms in total. The summed E-state index contributed by atoms with van der Waals surface area (Å²) in [7, 11) is 2.03. The molecule has 0 saturated heterocycles. The van der Waals surface area contributed by atoms with Crippen LogP contribution in [0.25, 0.3) is 11.0 Å². The van der Waals surface area contributed by atoms with Gasteiger partial charge in [0.05, 0.1) is 11.7 Å². The van der Waals surface area contributed by atoms with Crippen LogP contribution in [0.5, 0.6) is 0 Å². The van der Waals surface area contributed by atoms with E-state index in [1.54, 1.807) is 0 Å². The molecule has 0 bridgehead atoms. The van der Waals surface area contributed by atoms with Gasteiger partial charge in [-0.2, -0.15) is 5.10 Å². The number of hydrogen-bond donors (Lipinski definition) is 1. The quantitative estimate of drug-likeness (QED) is 0.763. The summed E-state index contributed by atoms with van der Waals surface area (Å²) in [5.41, 5.74) is 8.96.